The zero-order chi connectivity index (χ0) is 15.8. The molecule has 118 valence electrons. The van der Waals surface area contributed by atoms with Crippen LogP contribution in [-0.2, 0) is 13.0 Å². The second-order valence-electron chi connectivity index (χ2n) is 9.36. The van der Waals surface area contributed by atoms with Crippen LogP contribution in [-0.4, -0.2) is 9.67 Å². The monoisotopic (exact) mass is 289 g/mol. The molecule has 1 aromatic rings. The molecule has 1 N–H and O–H groups in total. The van der Waals surface area contributed by atoms with Crippen molar-refractivity contribution >= 4 is 0 Å². The van der Waals surface area contributed by atoms with E-state index in [-0.39, 0.29) is 11.5 Å². The average molecular weight is 289 g/mol. The van der Waals surface area contributed by atoms with E-state index >= 15 is 0 Å². The van der Waals surface area contributed by atoms with Crippen molar-refractivity contribution in [3.63, 3.8) is 0 Å². The number of rotatable bonds is 2. The van der Waals surface area contributed by atoms with Gasteiger partial charge in [-0.3, -0.25) is 0 Å². The zero-order valence-electron chi connectivity index (χ0n) is 14.7. The van der Waals surface area contributed by atoms with E-state index in [1.807, 2.05) is 0 Å². The molecule has 0 radical (unpaired) electrons. The van der Waals surface area contributed by atoms with E-state index in [1.165, 1.54) is 17.0 Å². The van der Waals surface area contributed by atoms with Crippen LogP contribution in [0.5, 0.6) is 0 Å². The van der Waals surface area contributed by atoms with Crippen LogP contribution < -0.4 is 0 Å². The van der Waals surface area contributed by atoms with Crippen molar-refractivity contribution in [2.45, 2.75) is 74.0 Å². The van der Waals surface area contributed by atoms with Gasteiger partial charge in [-0.05, 0) is 48.0 Å². The van der Waals surface area contributed by atoms with Gasteiger partial charge in [0.05, 0.1) is 6.10 Å². The topological polar surface area (TPSA) is 25.2 Å². The maximum absolute atomic E-state index is 10.5. The van der Waals surface area contributed by atoms with Crippen LogP contribution in [0.3, 0.4) is 0 Å². The standard InChI is InChI=1S/C19H31NO/c1-12-8-13-14(9-17(2,3)10-15(13)21)20(12)11-16-18(4,5)19(16,6)7/h8,15-16,21H,9-11H2,1-7H3. The molecule has 1 aromatic heterocycles. The van der Waals surface area contributed by atoms with E-state index < -0.39 is 0 Å². The molecule has 0 aliphatic heterocycles. The smallest absolute Gasteiger partial charge is 0.0812 e. The minimum absolute atomic E-state index is 0.198. The maximum atomic E-state index is 10.5. The molecule has 0 spiro atoms. The van der Waals surface area contributed by atoms with Crippen LogP contribution in [0.15, 0.2) is 6.07 Å². The minimum Gasteiger partial charge on any atom is -0.388 e. The number of nitrogens with zero attached hydrogens (tertiary/aromatic N) is 1. The molecule has 3 rings (SSSR count). The largest absolute Gasteiger partial charge is 0.388 e. The molecule has 1 heterocycles. The predicted molar refractivity (Wildman–Crippen MR) is 87.3 cm³/mol. The van der Waals surface area contributed by atoms with Crippen LogP contribution in [0.25, 0.3) is 0 Å². The van der Waals surface area contributed by atoms with Gasteiger partial charge in [-0.15, -0.1) is 0 Å². The highest BCUT2D eigenvalue weighted by atomic mass is 16.3. The number of hydrogen-bond acceptors (Lipinski definition) is 1. The minimum atomic E-state index is -0.288. The molecular weight excluding hydrogens is 258 g/mol. The number of aliphatic hydroxyl groups is 1. The predicted octanol–water partition coefficient (Wildman–Crippen LogP) is 4.48. The number of aryl methyl sites for hydroxylation is 1. The van der Waals surface area contributed by atoms with Crippen molar-refractivity contribution in [2.75, 3.05) is 0 Å². The van der Waals surface area contributed by atoms with Gasteiger partial charge in [0.1, 0.15) is 0 Å². The Balaban J connectivity index is 1.95. The first kappa shape index (κ1) is 15.1. The summed E-state index contributed by atoms with van der Waals surface area (Å²) in [7, 11) is 0. The van der Waals surface area contributed by atoms with E-state index in [9.17, 15) is 5.11 Å². The molecule has 2 heteroatoms. The van der Waals surface area contributed by atoms with E-state index in [0.717, 1.165) is 25.3 Å². The molecule has 0 aromatic carbocycles. The normalized spacial score (nSPS) is 29.2. The van der Waals surface area contributed by atoms with Crippen LogP contribution in [0.1, 0.15) is 71.0 Å². The number of hydrogen-bond donors (Lipinski definition) is 1. The summed E-state index contributed by atoms with van der Waals surface area (Å²) in [5, 5.41) is 10.5. The van der Waals surface area contributed by atoms with Gasteiger partial charge in [0.25, 0.3) is 0 Å². The highest BCUT2D eigenvalue weighted by Crippen LogP contribution is 2.69. The molecular formula is C19H31NO. The molecule has 2 aliphatic rings. The van der Waals surface area contributed by atoms with Gasteiger partial charge in [-0.2, -0.15) is 0 Å². The Kier molecular flexibility index (Phi) is 3.00. The van der Waals surface area contributed by atoms with Gasteiger partial charge >= 0.3 is 0 Å². The van der Waals surface area contributed by atoms with Gasteiger partial charge < -0.3 is 9.67 Å². The van der Waals surface area contributed by atoms with Crippen LogP contribution in [0, 0.1) is 29.1 Å². The Morgan fingerprint density at radius 2 is 1.71 bits per heavy atom. The summed E-state index contributed by atoms with van der Waals surface area (Å²) in [6.45, 7) is 17.4. The summed E-state index contributed by atoms with van der Waals surface area (Å²) in [5.41, 5.74) is 4.91. The van der Waals surface area contributed by atoms with Crippen LogP contribution in [0.4, 0.5) is 0 Å². The van der Waals surface area contributed by atoms with Gasteiger partial charge in [0.15, 0.2) is 0 Å². The molecule has 1 fully saturated rings. The lowest BCUT2D eigenvalue weighted by molar-refractivity contribution is 0.0978. The molecule has 1 atom stereocenters. The summed E-state index contributed by atoms with van der Waals surface area (Å²) in [5.74, 6) is 0.724. The van der Waals surface area contributed by atoms with Crippen molar-refractivity contribution in [3.05, 3.63) is 23.0 Å². The van der Waals surface area contributed by atoms with Gasteiger partial charge in [0.2, 0.25) is 0 Å². The second kappa shape index (κ2) is 4.16. The van der Waals surface area contributed by atoms with E-state index in [1.54, 1.807) is 0 Å². The SMILES string of the molecule is Cc1cc2c(n1CC1C(C)(C)C1(C)C)CC(C)(C)CC2O. The first-order valence-electron chi connectivity index (χ1n) is 8.34. The average Bonchev–Trinajstić information content (AvgIpc) is 2.59. The van der Waals surface area contributed by atoms with E-state index in [0.29, 0.717) is 10.8 Å². The number of fused-ring (bicyclic) bond motifs is 1. The summed E-state index contributed by atoms with van der Waals surface area (Å²) in [4.78, 5) is 0. The molecule has 2 aliphatic carbocycles. The Morgan fingerprint density at radius 3 is 2.24 bits per heavy atom. The van der Waals surface area contributed by atoms with Crippen LogP contribution >= 0.6 is 0 Å². The summed E-state index contributed by atoms with van der Waals surface area (Å²) >= 11 is 0. The van der Waals surface area contributed by atoms with Crippen molar-refractivity contribution in [1.82, 2.24) is 4.57 Å². The Labute approximate surface area is 129 Å². The fraction of sp³-hybridized carbons (Fsp3) is 0.789. The summed E-state index contributed by atoms with van der Waals surface area (Å²) < 4.78 is 2.50. The molecule has 0 saturated heterocycles. The van der Waals surface area contributed by atoms with Gasteiger partial charge in [0, 0.05) is 23.5 Å². The fourth-order valence-electron chi connectivity index (χ4n) is 4.63. The highest BCUT2D eigenvalue weighted by molar-refractivity contribution is 5.33. The quantitative estimate of drug-likeness (QED) is 0.853. The van der Waals surface area contributed by atoms with Crippen LogP contribution in [0.2, 0.25) is 0 Å². The fourth-order valence-corrected chi connectivity index (χ4v) is 4.63. The van der Waals surface area contributed by atoms with Crippen molar-refractivity contribution in [3.8, 4) is 0 Å². The number of aromatic nitrogens is 1. The Hall–Kier alpha value is -0.760. The maximum Gasteiger partial charge on any atom is 0.0812 e. The third-order valence-electron chi connectivity index (χ3n) is 6.88. The molecule has 0 amide bonds. The lowest BCUT2D eigenvalue weighted by Crippen LogP contribution is -2.27. The molecule has 1 saturated carbocycles. The van der Waals surface area contributed by atoms with Crippen molar-refractivity contribution in [2.24, 2.45) is 22.2 Å². The van der Waals surface area contributed by atoms with Crippen molar-refractivity contribution in [1.29, 1.82) is 0 Å². The first-order chi connectivity index (χ1) is 9.47. The molecule has 0 bridgehead atoms. The summed E-state index contributed by atoms with van der Waals surface area (Å²) in [6, 6.07) is 2.22. The van der Waals surface area contributed by atoms with Gasteiger partial charge in [-0.25, -0.2) is 0 Å². The Bertz CT molecular complexity index is 563. The third kappa shape index (κ3) is 2.10. The molecule has 2 nitrogen and oxygen atoms in total. The van der Waals surface area contributed by atoms with Gasteiger partial charge in [-0.1, -0.05) is 41.5 Å². The number of aliphatic hydroxyl groups excluding tert-OH is 1. The lowest BCUT2D eigenvalue weighted by atomic mass is 9.75. The second-order valence-corrected chi connectivity index (χ2v) is 9.36. The highest BCUT2D eigenvalue weighted by Gasteiger charge is 2.64. The summed E-state index contributed by atoms with van der Waals surface area (Å²) in [6.07, 6.45) is 1.67. The Morgan fingerprint density at radius 1 is 1.14 bits per heavy atom. The molecule has 1 unspecified atom stereocenters. The third-order valence-corrected chi connectivity index (χ3v) is 6.88. The zero-order valence-corrected chi connectivity index (χ0v) is 14.7. The first-order valence-corrected chi connectivity index (χ1v) is 8.34. The lowest BCUT2D eigenvalue weighted by Gasteiger charge is -2.34. The van der Waals surface area contributed by atoms with Crippen molar-refractivity contribution < 1.29 is 5.11 Å². The molecule has 21 heavy (non-hydrogen) atoms. The van der Waals surface area contributed by atoms with E-state index in [2.05, 4.69) is 59.1 Å². The van der Waals surface area contributed by atoms with E-state index in [4.69, 9.17) is 0 Å².